The predicted octanol–water partition coefficient (Wildman–Crippen LogP) is 3.70. The van der Waals surface area contributed by atoms with Crippen LogP contribution in [0.5, 0.6) is 0 Å². The number of hydrogen-bond acceptors (Lipinski definition) is 3. The second-order valence-corrected chi connectivity index (χ2v) is 5.65. The number of pyridine rings is 1. The fraction of sp³-hybridized carbons (Fsp3) is 0.643. The second-order valence-electron chi connectivity index (χ2n) is 5.65. The summed E-state index contributed by atoms with van der Waals surface area (Å²) in [5, 5.41) is 0. The molecular formula is C14H20F3N3. The molecule has 112 valence electrons. The molecule has 1 saturated carbocycles. The van der Waals surface area contributed by atoms with Gasteiger partial charge in [0.1, 0.15) is 5.69 Å². The Balaban J connectivity index is 2.22. The first kappa shape index (κ1) is 14.9. The third-order valence-electron chi connectivity index (χ3n) is 4.12. The van der Waals surface area contributed by atoms with Crippen LogP contribution in [0.25, 0.3) is 0 Å². The first-order valence-corrected chi connectivity index (χ1v) is 6.84. The molecule has 2 N–H and O–H groups in total. The van der Waals surface area contributed by atoms with Crippen LogP contribution in [-0.4, -0.2) is 18.1 Å². The average molecular weight is 287 g/mol. The van der Waals surface area contributed by atoms with Gasteiger partial charge in [0.25, 0.3) is 0 Å². The lowest BCUT2D eigenvalue weighted by atomic mass is 9.86. The summed E-state index contributed by atoms with van der Waals surface area (Å²) in [5.41, 5.74) is 5.62. The molecule has 2 rings (SSSR count). The van der Waals surface area contributed by atoms with Gasteiger partial charge < -0.3 is 10.6 Å². The van der Waals surface area contributed by atoms with E-state index in [2.05, 4.69) is 11.9 Å². The molecule has 0 atom stereocenters. The van der Waals surface area contributed by atoms with Crippen LogP contribution in [0.1, 0.15) is 38.3 Å². The second kappa shape index (κ2) is 5.50. The zero-order chi connectivity index (χ0) is 14.9. The summed E-state index contributed by atoms with van der Waals surface area (Å²) in [6, 6.07) is 1.30. The monoisotopic (exact) mass is 287 g/mol. The number of rotatable bonds is 2. The van der Waals surface area contributed by atoms with E-state index in [1.165, 1.54) is 0 Å². The number of nitrogens with zero attached hydrogens (tertiary/aromatic N) is 2. The van der Waals surface area contributed by atoms with Crippen molar-refractivity contribution in [3.63, 3.8) is 0 Å². The number of aromatic nitrogens is 1. The third-order valence-corrected chi connectivity index (χ3v) is 4.12. The molecule has 0 bridgehead atoms. The van der Waals surface area contributed by atoms with Gasteiger partial charge in [-0.2, -0.15) is 13.2 Å². The molecule has 0 aromatic carbocycles. The molecule has 0 unspecified atom stereocenters. The number of nitrogens with two attached hydrogens (primary N) is 1. The highest BCUT2D eigenvalue weighted by molar-refractivity contribution is 5.67. The van der Waals surface area contributed by atoms with Crippen molar-refractivity contribution in [3.05, 3.63) is 18.0 Å². The maximum atomic E-state index is 12.7. The summed E-state index contributed by atoms with van der Waals surface area (Å²) in [6.45, 7) is 2.21. The van der Waals surface area contributed by atoms with Gasteiger partial charge in [-0.15, -0.1) is 0 Å². The van der Waals surface area contributed by atoms with Crippen LogP contribution in [0.2, 0.25) is 0 Å². The maximum absolute atomic E-state index is 12.7. The van der Waals surface area contributed by atoms with Crippen molar-refractivity contribution in [3.8, 4) is 0 Å². The van der Waals surface area contributed by atoms with Gasteiger partial charge in [0, 0.05) is 13.1 Å². The first-order chi connectivity index (χ1) is 9.29. The van der Waals surface area contributed by atoms with Crippen molar-refractivity contribution in [2.24, 2.45) is 5.92 Å². The standard InChI is InChI=1S/C14H20F3N3/c1-9-3-5-10(6-4-9)20(2)12-7-13(14(15,16)17)19-8-11(12)18/h7-10H,3-6,18H2,1-2H3. The Bertz CT molecular complexity index is 465. The molecule has 3 nitrogen and oxygen atoms in total. The van der Waals surface area contributed by atoms with Gasteiger partial charge in [-0.3, -0.25) is 0 Å². The lowest BCUT2D eigenvalue weighted by molar-refractivity contribution is -0.141. The molecule has 1 aromatic rings. The number of nitrogen functional groups attached to an aromatic ring is 1. The number of anilines is 2. The fourth-order valence-corrected chi connectivity index (χ4v) is 2.74. The van der Waals surface area contributed by atoms with Gasteiger partial charge in [-0.05, 0) is 37.7 Å². The van der Waals surface area contributed by atoms with E-state index >= 15 is 0 Å². The Hall–Kier alpha value is -1.46. The Morgan fingerprint density at radius 3 is 2.40 bits per heavy atom. The highest BCUT2D eigenvalue weighted by Gasteiger charge is 2.34. The molecular weight excluding hydrogens is 267 g/mol. The third kappa shape index (κ3) is 3.16. The van der Waals surface area contributed by atoms with Crippen LogP contribution in [0.3, 0.4) is 0 Å². The quantitative estimate of drug-likeness (QED) is 0.902. The number of hydrogen-bond donors (Lipinski definition) is 1. The van der Waals surface area contributed by atoms with Gasteiger partial charge in [0.15, 0.2) is 0 Å². The van der Waals surface area contributed by atoms with Crippen molar-refractivity contribution in [2.45, 2.75) is 44.8 Å². The fourth-order valence-electron chi connectivity index (χ4n) is 2.74. The molecule has 1 aliphatic rings. The van der Waals surface area contributed by atoms with Crippen LogP contribution in [0, 0.1) is 5.92 Å². The minimum absolute atomic E-state index is 0.247. The summed E-state index contributed by atoms with van der Waals surface area (Å²) in [4.78, 5) is 5.25. The van der Waals surface area contributed by atoms with E-state index in [-0.39, 0.29) is 6.04 Å². The van der Waals surface area contributed by atoms with Crippen molar-refractivity contribution in [2.75, 3.05) is 17.7 Å². The van der Waals surface area contributed by atoms with Crippen molar-refractivity contribution in [1.29, 1.82) is 0 Å². The number of alkyl halides is 3. The van der Waals surface area contributed by atoms with Crippen LogP contribution in [-0.2, 0) is 6.18 Å². The normalized spacial score (nSPS) is 23.6. The largest absolute Gasteiger partial charge is 0.433 e. The van der Waals surface area contributed by atoms with Crippen LogP contribution >= 0.6 is 0 Å². The first-order valence-electron chi connectivity index (χ1n) is 6.84. The summed E-state index contributed by atoms with van der Waals surface area (Å²) in [6.07, 6.45) is 0.838. The van der Waals surface area contributed by atoms with Gasteiger partial charge in [-0.25, -0.2) is 4.98 Å². The maximum Gasteiger partial charge on any atom is 0.433 e. The average Bonchev–Trinajstić information content (AvgIpc) is 2.38. The Labute approximate surface area is 117 Å². The zero-order valence-electron chi connectivity index (χ0n) is 11.7. The highest BCUT2D eigenvalue weighted by Crippen LogP contribution is 2.35. The van der Waals surface area contributed by atoms with Gasteiger partial charge >= 0.3 is 6.18 Å². The van der Waals surface area contributed by atoms with Crippen molar-refractivity contribution < 1.29 is 13.2 Å². The predicted molar refractivity (Wildman–Crippen MR) is 73.5 cm³/mol. The van der Waals surface area contributed by atoms with E-state index in [1.54, 1.807) is 0 Å². The summed E-state index contributed by atoms with van der Waals surface area (Å²) in [5.74, 6) is 0.695. The minimum atomic E-state index is -4.44. The molecule has 20 heavy (non-hydrogen) atoms. The Kier molecular flexibility index (Phi) is 4.11. The Morgan fingerprint density at radius 1 is 1.25 bits per heavy atom. The molecule has 1 aliphatic carbocycles. The molecule has 0 saturated heterocycles. The van der Waals surface area contributed by atoms with Crippen LogP contribution < -0.4 is 10.6 Å². The molecule has 0 aliphatic heterocycles. The molecule has 0 amide bonds. The summed E-state index contributed by atoms with van der Waals surface area (Å²) in [7, 11) is 1.81. The van der Waals surface area contributed by atoms with Crippen LogP contribution in [0.4, 0.5) is 24.5 Å². The molecule has 1 heterocycles. The lowest BCUT2D eigenvalue weighted by Gasteiger charge is -2.35. The molecule has 1 aromatic heterocycles. The van der Waals surface area contributed by atoms with E-state index in [0.717, 1.165) is 37.9 Å². The smallest absolute Gasteiger partial charge is 0.396 e. The summed E-state index contributed by atoms with van der Waals surface area (Å²) >= 11 is 0. The van der Waals surface area contributed by atoms with Gasteiger partial charge in [-0.1, -0.05) is 6.92 Å². The number of halogens is 3. The van der Waals surface area contributed by atoms with Gasteiger partial charge in [0.2, 0.25) is 0 Å². The Morgan fingerprint density at radius 2 is 1.85 bits per heavy atom. The van der Waals surface area contributed by atoms with E-state index in [1.807, 2.05) is 11.9 Å². The van der Waals surface area contributed by atoms with Crippen molar-refractivity contribution >= 4 is 11.4 Å². The summed E-state index contributed by atoms with van der Waals surface area (Å²) < 4.78 is 38.2. The molecule has 1 fully saturated rings. The topological polar surface area (TPSA) is 42.2 Å². The van der Waals surface area contributed by atoms with E-state index in [4.69, 9.17) is 5.73 Å². The van der Waals surface area contributed by atoms with E-state index in [9.17, 15) is 13.2 Å². The lowest BCUT2D eigenvalue weighted by Crippen LogP contribution is -2.35. The highest BCUT2D eigenvalue weighted by atomic mass is 19.4. The molecule has 6 heteroatoms. The molecule has 0 spiro atoms. The van der Waals surface area contributed by atoms with Crippen molar-refractivity contribution in [1.82, 2.24) is 4.98 Å². The van der Waals surface area contributed by atoms with E-state index in [0.29, 0.717) is 17.3 Å². The SMILES string of the molecule is CC1CCC(N(C)c2cc(C(F)(F)F)ncc2N)CC1. The van der Waals surface area contributed by atoms with E-state index < -0.39 is 11.9 Å². The molecule has 0 radical (unpaired) electrons. The minimum Gasteiger partial charge on any atom is -0.396 e. The van der Waals surface area contributed by atoms with Crippen LogP contribution in [0.15, 0.2) is 12.3 Å². The van der Waals surface area contributed by atoms with Gasteiger partial charge in [0.05, 0.1) is 17.6 Å². The zero-order valence-corrected chi connectivity index (χ0v) is 11.7.